The van der Waals surface area contributed by atoms with Crippen LogP contribution in [0.5, 0.6) is 0 Å². The number of hydrogen-bond acceptors (Lipinski definition) is 6. The van der Waals surface area contributed by atoms with Gasteiger partial charge >= 0.3 is 17.9 Å². The molecule has 0 fully saturated rings. The summed E-state index contributed by atoms with van der Waals surface area (Å²) in [4.78, 5) is 38.0. The zero-order valence-corrected chi connectivity index (χ0v) is 42.5. The molecular formula is C59H100O6. The fourth-order valence-corrected chi connectivity index (χ4v) is 7.28. The molecule has 0 unspecified atom stereocenters. The molecule has 0 N–H and O–H groups in total. The average molecular weight is 905 g/mol. The Morgan fingerprint density at radius 3 is 1.02 bits per heavy atom. The largest absolute Gasteiger partial charge is 0.462 e. The van der Waals surface area contributed by atoms with Crippen molar-refractivity contribution >= 4 is 17.9 Å². The molecule has 0 aromatic heterocycles. The Hall–Kier alpha value is -3.41. The van der Waals surface area contributed by atoms with E-state index in [4.69, 9.17) is 14.2 Å². The van der Waals surface area contributed by atoms with Crippen molar-refractivity contribution in [3.05, 3.63) is 85.1 Å². The summed E-state index contributed by atoms with van der Waals surface area (Å²) >= 11 is 0. The number of rotatable bonds is 48. The third kappa shape index (κ3) is 51.4. The van der Waals surface area contributed by atoms with Gasteiger partial charge in [0.2, 0.25) is 0 Å². The van der Waals surface area contributed by atoms with Gasteiger partial charge in [-0.1, -0.05) is 202 Å². The van der Waals surface area contributed by atoms with Gasteiger partial charge in [0.05, 0.1) is 0 Å². The molecular weight excluding hydrogens is 805 g/mol. The van der Waals surface area contributed by atoms with Crippen LogP contribution in [0.4, 0.5) is 0 Å². The zero-order chi connectivity index (χ0) is 47.2. The Bertz CT molecular complexity index is 1270. The second-order valence-electron chi connectivity index (χ2n) is 17.7. The van der Waals surface area contributed by atoms with Crippen LogP contribution in [0.1, 0.15) is 252 Å². The van der Waals surface area contributed by atoms with Gasteiger partial charge in [0.15, 0.2) is 6.10 Å². The molecule has 0 bridgehead atoms. The van der Waals surface area contributed by atoms with E-state index < -0.39 is 6.10 Å². The molecule has 0 spiro atoms. The molecule has 6 heteroatoms. The third-order valence-corrected chi connectivity index (χ3v) is 11.4. The van der Waals surface area contributed by atoms with Crippen LogP contribution in [-0.4, -0.2) is 37.2 Å². The van der Waals surface area contributed by atoms with Gasteiger partial charge < -0.3 is 14.2 Å². The molecule has 65 heavy (non-hydrogen) atoms. The third-order valence-electron chi connectivity index (χ3n) is 11.4. The SMILES string of the molecule is CC/C=C\C/C=C\C/C=C\C/C=C\CCCCC(=O)OC[C@H](COC(=O)CCCCCCC/C=C\C/C=C\CCCCC)OC(=O)CCCCCCCCC/C=C\CCCCCCCC. The first-order valence-corrected chi connectivity index (χ1v) is 27.1. The molecule has 0 aromatic rings. The number of esters is 3. The predicted octanol–water partition coefficient (Wildman–Crippen LogP) is 18.0. The maximum atomic E-state index is 12.8. The van der Waals surface area contributed by atoms with Gasteiger partial charge in [-0.25, -0.2) is 0 Å². The van der Waals surface area contributed by atoms with Crippen molar-refractivity contribution in [3.63, 3.8) is 0 Å². The second-order valence-corrected chi connectivity index (χ2v) is 17.7. The van der Waals surface area contributed by atoms with Gasteiger partial charge in [-0.15, -0.1) is 0 Å². The van der Waals surface area contributed by atoms with E-state index in [-0.39, 0.29) is 31.1 Å². The fraction of sp³-hybridized carbons (Fsp3) is 0.712. The van der Waals surface area contributed by atoms with Crippen molar-refractivity contribution in [1.29, 1.82) is 0 Å². The van der Waals surface area contributed by atoms with Gasteiger partial charge in [-0.05, 0) is 116 Å². The number of unbranched alkanes of at least 4 members (excludes halogenated alkanes) is 23. The van der Waals surface area contributed by atoms with Gasteiger partial charge in [-0.3, -0.25) is 14.4 Å². The first-order chi connectivity index (χ1) is 32.0. The van der Waals surface area contributed by atoms with E-state index in [0.29, 0.717) is 19.3 Å². The fourth-order valence-electron chi connectivity index (χ4n) is 7.28. The molecule has 0 radical (unpaired) electrons. The minimum Gasteiger partial charge on any atom is -0.462 e. The topological polar surface area (TPSA) is 78.9 Å². The van der Waals surface area contributed by atoms with Crippen molar-refractivity contribution in [2.45, 2.75) is 258 Å². The van der Waals surface area contributed by atoms with Gasteiger partial charge in [0.25, 0.3) is 0 Å². The highest BCUT2D eigenvalue weighted by molar-refractivity contribution is 5.71. The summed E-state index contributed by atoms with van der Waals surface area (Å²) < 4.78 is 16.8. The molecule has 0 aliphatic heterocycles. The summed E-state index contributed by atoms with van der Waals surface area (Å²) in [6, 6.07) is 0. The highest BCUT2D eigenvalue weighted by atomic mass is 16.6. The van der Waals surface area contributed by atoms with Crippen LogP contribution < -0.4 is 0 Å². The van der Waals surface area contributed by atoms with Crippen molar-refractivity contribution < 1.29 is 28.6 Å². The first kappa shape index (κ1) is 61.6. The van der Waals surface area contributed by atoms with Crippen molar-refractivity contribution in [1.82, 2.24) is 0 Å². The van der Waals surface area contributed by atoms with Crippen LogP contribution in [0.15, 0.2) is 85.1 Å². The normalized spacial score (nSPS) is 12.7. The molecule has 0 saturated carbocycles. The van der Waals surface area contributed by atoms with Crippen LogP contribution in [-0.2, 0) is 28.6 Å². The van der Waals surface area contributed by atoms with E-state index in [2.05, 4.69) is 106 Å². The smallest absolute Gasteiger partial charge is 0.306 e. The molecule has 0 aliphatic carbocycles. The highest BCUT2D eigenvalue weighted by Gasteiger charge is 2.19. The standard InChI is InChI=1S/C59H100O6/c1-4-7-10-13-16-19-22-25-28-29-32-35-38-41-44-47-50-53-59(62)65-56(54-63-57(60)51-48-45-42-39-36-33-30-26-23-20-17-14-11-8-5-2)55-64-58(61)52-49-46-43-40-37-34-31-27-24-21-18-15-12-9-6-3/h8,11,17-18,20-21,25-28,30-31,36,39,56H,4-7,9-10,12-16,19,22-24,29,32-35,37-38,40-55H2,1-3H3/b11-8-,20-17-,21-18-,28-25-,30-26-,31-27-,39-36-/t56-/m1/s1. The molecule has 6 nitrogen and oxygen atoms in total. The first-order valence-electron chi connectivity index (χ1n) is 27.1. The molecule has 0 rings (SSSR count). The van der Waals surface area contributed by atoms with Crippen LogP contribution >= 0.6 is 0 Å². The van der Waals surface area contributed by atoms with Crippen molar-refractivity contribution in [3.8, 4) is 0 Å². The summed E-state index contributed by atoms with van der Waals surface area (Å²) in [5.74, 6) is -0.957. The summed E-state index contributed by atoms with van der Waals surface area (Å²) in [6.07, 6.45) is 68.5. The maximum absolute atomic E-state index is 12.8. The summed E-state index contributed by atoms with van der Waals surface area (Å²) in [5, 5.41) is 0. The Kier molecular flexibility index (Phi) is 50.4. The highest BCUT2D eigenvalue weighted by Crippen LogP contribution is 2.14. The average Bonchev–Trinajstić information content (AvgIpc) is 3.30. The second kappa shape index (κ2) is 53.2. The number of carbonyl (C=O) groups excluding carboxylic acids is 3. The van der Waals surface area contributed by atoms with E-state index in [1.54, 1.807) is 0 Å². The minimum absolute atomic E-state index is 0.0990. The van der Waals surface area contributed by atoms with Crippen molar-refractivity contribution in [2.75, 3.05) is 13.2 Å². The maximum Gasteiger partial charge on any atom is 0.306 e. The molecule has 0 saturated heterocycles. The molecule has 1 atom stereocenters. The lowest BCUT2D eigenvalue weighted by molar-refractivity contribution is -0.167. The molecule has 0 heterocycles. The summed E-state index contributed by atoms with van der Waals surface area (Å²) in [6.45, 7) is 6.45. The molecule has 372 valence electrons. The Morgan fingerprint density at radius 1 is 0.323 bits per heavy atom. The molecule has 0 amide bonds. The van der Waals surface area contributed by atoms with E-state index in [0.717, 1.165) is 109 Å². The predicted molar refractivity (Wildman–Crippen MR) is 279 cm³/mol. The van der Waals surface area contributed by atoms with Crippen LogP contribution in [0, 0.1) is 0 Å². The van der Waals surface area contributed by atoms with E-state index in [9.17, 15) is 14.4 Å². The van der Waals surface area contributed by atoms with Gasteiger partial charge in [0, 0.05) is 19.3 Å². The lowest BCUT2D eigenvalue weighted by atomic mass is 10.1. The summed E-state index contributed by atoms with van der Waals surface area (Å²) in [5.41, 5.74) is 0. The zero-order valence-electron chi connectivity index (χ0n) is 42.5. The Labute approximate surface area is 401 Å². The lowest BCUT2D eigenvalue weighted by Crippen LogP contribution is -2.30. The Balaban J connectivity index is 4.48. The van der Waals surface area contributed by atoms with E-state index >= 15 is 0 Å². The quantitative estimate of drug-likeness (QED) is 0.0262. The van der Waals surface area contributed by atoms with E-state index in [1.807, 2.05) is 0 Å². The summed E-state index contributed by atoms with van der Waals surface area (Å²) in [7, 11) is 0. The number of carbonyl (C=O) groups is 3. The molecule has 0 aromatic carbocycles. The number of allylic oxidation sites excluding steroid dienone is 14. The van der Waals surface area contributed by atoms with Gasteiger partial charge in [-0.2, -0.15) is 0 Å². The number of hydrogen-bond donors (Lipinski definition) is 0. The van der Waals surface area contributed by atoms with Crippen LogP contribution in [0.25, 0.3) is 0 Å². The van der Waals surface area contributed by atoms with Gasteiger partial charge in [0.1, 0.15) is 13.2 Å². The number of ether oxygens (including phenoxy) is 3. The molecule has 0 aliphatic rings. The Morgan fingerprint density at radius 2 is 0.600 bits per heavy atom. The van der Waals surface area contributed by atoms with Crippen molar-refractivity contribution in [2.24, 2.45) is 0 Å². The monoisotopic (exact) mass is 905 g/mol. The van der Waals surface area contributed by atoms with E-state index in [1.165, 1.54) is 103 Å². The lowest BCUT2D eigenvalue weighted by Gasteiger charge is -2.18. The van der Waals surface area contributed by atoms with Crippen LogP contribution in [0.3, 0.4) is 0 Å². The minimum atomic E-state index is -0.802. The van der Waals surface area contributed by atoms with Crippen LogP contribution in [0.2, 0.25) is 0 Å².